The Hall–Kier alpha value is -1.63. The van der Waals surface area contributed by atoms with Crippen molar-refractivity contribution >= 4 is 12.3 Å². The standard InChI is InChI=1S/C5H6N2.C2HF3O2/c1-2-7-4-3-6-5-7;3-2(4,5)1(6)7/h2-5H,1H2;(H,6,7). The Morgan fingerprint density at radius 2 is 2.07 bits per heavy atom. The first kappa shape index (κ1) is 12.4. The molecule has 7 heteroatoms. The summed E-state index contributed by atoms with van der Waals surface area (Å²) in [7, 11) is 0. The summed E-state index contributed by atoms with van der Waals surface area (Å²) >= 11 is 0. The molecule has 0 aromatic rings. The molecule has 0 fully saturated rings. The summed E-state index contributed by atoms with van der Waals surface area (Å²) < 4.78 is 31.5. The van der Waals surface area contributed by atoms with E-state index in [0.29, 0.717) is 0 Å². The summed E-state index contributed by atoms with van der Waals surface area (Å²) in [6.45, 7) is 3.56. The van der Waals surface area contributed by atoms with Crippen LogP contribution in [0.5, 0.6) is 0 Å². The third kappa shape index (κ3) is 5.09. The average molecular weight is 208 g/mol. The number of nitrogens with one attached hydrogen (secondary N) is 1. The monoisotopic (exact) mass is 208 g/mol. The van der Waals surface area contributed by atoms with Gasteiger partial charge < -0.3 is 9.90 Å². The van der Waals surface area contributed by atoms with E-state index in [-0.39, 0.29) is 0 Å². The van der Waals surface area contributed by atoms with E-state index >= 15 is 0 Å². The third-order valence-corrected chi connectivity index (χ3v) is 1.04. The van der Waals surface area contributed by atoms with Gasteiger partial charge in [-0.05, 0) is 6.58 Å². The van der Waals surface area contributed by atoms with Crippen LogP contribution < -0.4 is 10.0 Å². The number of nitrogens with zero attached hydrogens (tertiary/aromatic N) is 1. The molecular formula is C7H7F3N2O2. The van der Waals surface area contributed by atoms with Crippen molar-refractivity contribution in [3.05, 3.63) is 25.2 Å². The zero-order chi connectivity index (χ0) is 11.2. The molecule has 0 aliphatic carbocycles. The van der Waals surface area contributed by atoms with Crippen LogP contribution in [0.15, 0.2) is 30.2 Å². The van der Waals surface area contributed by atoms with Gasteiger partial charge in [0.2, 0.25) is 0 Å². The molecule has 0 spiro atoms. The molecule has 1 unspecified atom stereocenters. The van der Waals surface area contributed by atoms with E-state index in [4.69, 9.17) is 9.90 Å². The van der Waals surface area contributed by atoms with Gasteiger partial charge in [0.25, 0.3) is 0 Å². The first-order valence-electron chi connectivity index (χ1n) is 3.35. The molecule has 0 aromatic carbocycles. The molecule has 1 N–H and O–H groups in total. The fourth-order valence-electron chi connectivity index (χ4n) is 0.422. The summed E-state index contributed by atoms with van der Waals surface area (Å²) in [5.41, 5.74) is 0. The molecule has 1 rings (SSSR count). The average Bonchev–Trinajstić information content (AvgIpc) is 2.54. The van der Waals surface area contributed by atoms with E-state index in [1.54, 1.807) is 18.7 Å². The van der Waals surface area contributed by atoms with Crippen molar-refractivity contribution in [3.8, 4) is 0 Å². The molecule has 0 amide bonds. The minimum atomic E-state index is -5.19. The minimum Gasteiger partial charge on any atom is -0.542 e. The fourth-order valence-corrected chi connectivity index (χ4v) is 0.422. The third-order valence-electron chi connectivity index (χ3n) is 1.04. The van der Waals surface area contributed by atoms with Crippen molar-refractivity contribution in [3.63, 3.8) is 0 Å². The summed E-state index contributed by atoms with van der Waals surface area (Å²) in [6.07, 6.45) is 2.00. The largest absolute Gasteiger partial charge is 0.542 e. The van der Waals surface area contributed by atoms with E-state index < -0.39 is 12.1 Å². The van der Waals surface area contributed by atoms with E-state index in [1.165, 1.54) is 0 Å². The maximum absolute atomic E-state index is 10.5. The number of hydrogen-bond donors (Lipinski definition) is 1. The number of aliphatic imine (C=N–C) groups is 1. The van der Waals surface area contributed by atoms with Gasteiger partial charge in [-0.3, -0.25) is 0 Å². The van der Waals surface area contributed by atoms with Gasteiger partial charge in [0.15, 0.2) is 6.34 Å². The van der Waals surface area contributed by atoms with Crippen LogP contribution in [-0.4, -0.2) is 18.5 Å². The topological polar surface area (TPSA) is 56.9 Å². The zero-order valence-electron chi connectivity index (χ0n) is 6.91. The Balaban J connectivity index is 0.000000241. The second-order valence-corrected chi connectivity index (χ2v) is 2.08. The Bertz CT molecular complexity index is 259. The SMILES string of the molecule is C=C[NH+]1C=CN=C1.O=C([O-])C(F)(F)F. The number of carboxylic acid groups (broad SMARTS) is 1. The molecule has 0 radical (unpaired) electrons. The highest BCUT2D eigenvalue weighted by Crippen LogP contribution is 2.11. The van der Waals surface area contributed by atoms with Gasteiger partial charge in [-0.2, -0.15) is 13.2 Å². The van der Waals surface area contributed by atoms with Crippen LogP contribution in [0.4, 0.5) is 13.2 Å². The van der Waals surface area contributed by atoms with Gasteiger partial charge >= 0.3 is 6.18 Å². The molecule has 78 valence electrons. The van der Waals surface area contributed by atoms with Crippen LogP contribution in [0.1, 0.15) is 0 Å². The predicted molar refractivity (Wildman–Crippen MR) is 39.9 cm³/mol. The molecule has 0 aromatic heterocycles. The lowest BCUT2D eigenvalue weighted by Gasteiger charge is -2.03. The number of carbonyl (C=O) groups is 1. The van der Waals surface area contributed by atoms with Gasteiger partial charge in [-0.15, -0.1) is 0 Å². The van der Waals surface area contributed by atoms with Crippen LogP contribution in [-0.2, 0) is 4.79 Å². The minimum absolute atomic E-state index is 1.08. The highest BCUT2D eigenvalue weighted by Gasteiger charge is 2.28. The van der Waals surface area contributed by atoms with Gasteiger partial charge in [-0.1, -0.05) is 0 Å². The number of rotatable bonds is 1. The van der Waals surface area contributed by atoms with Crippen LogP contribution in [0.2, 0.25) is 0 Å². The Labute approximate surface area is 77.7 Å². The summed E-state index contributed by atoms with van der Waals surface area (Å²) in [6, 6.07) is 0. The maximum atomic E-state index is 10.5. The normalized spacial score (nSPS) is 18.6. The van der Waals surface area contributed by atoms with Gasteiger partial charge in [-0.25, -0.2) is 9.89 Å². The summed E-state index contributed by atoms with van der Waals surface area (Å²) in [5.74, 6) is -3.01. The van der Waals surface area contributed by atoms with E-state index in [0.717, 1.165) is 4.90 Å². The van der Waals surface area contributed by atoms with E-state index in [1.807, 2.05) is 6.20 Å². The van der Waals surface area contributed by atoms with Gasteiger partial charge in [0, 0.05) is 0 Å². The van der Waals surface area contributed by atoms with Crippen LogP contribution in [0.3, 0.4) is 0 Å². The summed E-state index contributed by atoms with van der Waals surface area (Å²) in [4.78, 5) is 13.7. The molecule has 14 heavy (non-hydrogen) atoms. The molecule has 1 aliphatic rings. The number of aliphatic carboxylic acids is 1. The lowest BCUT2D eigenvalue weighted by atomic mass is 10.7. The van der Waals surface area contributed by atoms with Crippen LogP contribution >= 0.6 is 0 Å². The predicted octanol–water partition coefficient (Wildman–Crippen LogP) is -1.17. The van der Waals surface area contributed by atoms with Crippen molar-refractivity contribution < 1.29 is 28.0 Å². The van der Waals surface area contributed by atoms with Crippen molar-refractivity contribution in [2.45, 2.75) is 6.18 Å². The first-order chi connectivity index (χ1) is 6.38. The number of hydrogen-bond acceptors (Lipinski definition) is 3. The Kier molecular flexibility index (Phi) is 4.57. The van der Waals surface area contributed by atoms with Crippen molar-refractivity contribution in [2.24, 2.45) is 4.99 Å². The van der Waals surface area contributed by atoms with Crippen molar-refractivity contribution in [1.29, 1.82) is 0 Å². The first-order valence-corrected chi connectivity index (χ1v) is 3.35. The highest BCUT2D eigenvalue weighted by atomic mass is 19.4. The fraction of sp³-hybridized carbons (Fsp3) is 0.143. The number of carboxylic acids is 1. The quantitative estimate of drug-likeness (QED) is 0.590. The van der Waals surface area contributed by atoms with E-state index in [2.05, 4.69) is 11.6 Å². The molecule has 0 saturated heterocycles. The van der Waals surface area contributed by atoms with Gasteiger partial charge in [0.05, 0.1) is 12.4 Å². The number of quaternary nitrogens is 1. The second-order valence-electron chi connectivity index (χ2n) is 2.08. The molecule has 0 bridgehead atoms. The maximum Gasteiger partial charge on any atom is 0.430 e. The Morgan fingerprint density at radius 3 is 2.21 bits per heavy atom. The molecular weight excluding hydrogens is 201 g/mol. The number of halogens is 3. The molecule has 4 nitrogen and oxygen atoms in total. The highest BCUT2D eigenvalue weighted by molar-refractivity contribution is 5.70. The summed E-state index contributed by atoms with van der Waals surface area (Å²) in [5, 5.41) is 8.78. The second kappa shape index (κ2) is 5.18. The molecule has 0 saturated carbocycles. The zero-order valence-corrected chi connectivity index (χ0v) is 6.91. The lowest BCUT2D eigenvalue weighted by molar-refractivity contribution is -0.670. The number of alkyl halides is 3. The van der Waals surface area contributed by atoms with Crippen LogP contribution in [0, 0.1) is 0 Å². The number of carbonyl (C=O) groups excluding carboxylic acids is 1. The molecule has 1 atom stereocenters. The Morgan fingerprint density at radius 1 is 1.57 bits per heavy atom. The van der Waals surface area contributed by atoms with E-state index in [9.17, 15) is 13.2 Å². The van der Waals surface area contributed by atoms with Gasteiger partial charge in [0.1, 0.15) is 12.2 Å². The van der Waals surface area contributed by atoms with Crippen LogP contribution in [0.25, 0.3) is 0 Å². The molecule has 1 aliphatic heterocycles. The smallest absolute Gasteiger partial charge is 0.430 e. The van der Waals surface area contributed by atoms with Crippen molar-refractivity contribution in [2.75, 3.05) is 0 Å². The molecule has 1 heterocycles. The lowest BCUT2D eigenvalue weighted by Crippen LogP contribution is -3.00. The van der Waals surface area contributed by atoms with Crippen molar-refractivity contribution in [1.82, 2.24) is 0 Å².